The number of halogens is 1. The van der Waals surface area contributed by atoms with Gasteiger partial charge in [-0.25, -0.2) is 14.4 Å². The predicted octanol–water partition coefficient (Wildman–Crippen LogP) is 4.31. The van der Waals surface area contributed by atoms with Crippen molar-refractivity contribution in [3.05, 3.63) is 66.5 Å². The topological polar surface area (TPSA) is 80.2 Å². The lowest BCUT2D eigenvalue weighted by Gasteiger charge is -2.33. The number of hydrogen-bond donors (Lipinski definition) is 1. The second-order valence-electron chi connectivity index (χ2n) is 8.49. The Balaban J connectivity index is 1.44. The lowest BCUT2D eigenvalue weighted by Crippen LogP contribution is -2.44. The number of rotatable bonds is 5. The van der Waals surface area contributed by atoms with Gasteiger partial charge in [-0.3, -0.25) is 9.78 Å². The van der Waals surface area contributed by atoms with E-state index in [4.69, 9.17) is 14.7 Å². The fourth-order valence-corrected chi connectivity index (χ4v) is 4.46. The monoisotopic (exact) mass is 447 g/mol. The van der Waals surface area contributed by atoms with Crippen LogP contribution >= 0.6 is 0 Å². The van der Waals surface area contributed by atoms with E-state index in [2.05, 4.69) is 10.3 Å². The maximum absolute atomic E-state index is 13.7. The van der Waals surface area contributed by atoms with Crippen LogP contribution in [0.1, 0.15) is 37.4 Å². The predicted molar refractivity (Wildman–Crippen MR) is 122 cm³/mol. The number of pyridine rings is 1. The summed E-state index contributed by atoms with van der Waals surface area (Å²) in [5.74, 6) is 1.02. The van der Waals surface area contributed by atoms with E-state index in [1.165, 1.54) is 12.1 Å². The molecule has 33 heavy (non-hydrogen) atoms. The third-order valence-corrected chi connectivity index (χ3v) is 6.12. The zero-order valence-corrected chi connectivity index (χ0v) is 18.3. The van der Waals surface area contributed by atoms with Crippen LogP contribution in [0.4, 0.5) is 15.9 Å². The van der Waals surface area contributed by atoms with Gasteiger partial charge in [0.25, 0.3) is 5.91 Å². The largest absolute Gasteiger partial charge is 0.368 e. The molecule has 2 aliphatic heterocycles. The maximum Gasteiger partial charge on any atom is 0.251 e. The SMILES string of the molecule is O=C(C1CCCO1)N1CCCC(c2nc(Nc3cccc(F)c3)cc(-c3ccncc3)n2)C1. The molecule has 1 aromatic carbocycles. The Kier molecular flexibility index (Phi) is 6.26. The van der Waals surface area contributed by atoms with E-state index < -0.39 is 0 Å². The van der Waals surface area contributed by atoms with Gasteiger partial charge in [-0.15, -0.1) is 0 Å². The van der Waals surface area contributed by atoms with Crippen LogP contribution in [0, 0.1) is 5.82 Å². The number of hydrogen-bond acceptors (Lipinski definition) is 6. The molecule has 0 bridgehead atoms. The average Bonchev–Trinajstić information content (AvgIpc) is 3.39. The van der Waals surface area contributed by atoms with Crippen LogP contribution in [-0.4, -0.2) is 51.6 Å². The van der Waals surface area contributed by atoms with Gasteiger partial charge >= 0.3 is 0 Å². The molecule has 5 rings (SSSR count). The summed E-state index contributed by atoms with van der Waals surface area (Å²) in [5.41, 5.74) is 2.28. The molecule has 2 fully saturated rings. The number of ether oxygens (including phenoxy) is 1. The van der Waals surface area contributed by atoms with Crippen molar-refractivity contribution in [2.75, 3.05) is 25.0 Å². The van der Waals surface area contributed by atoms with Gasteiger partial charge in [0.15, 0.2) is 0 Å². The minimum Gasteiger partial charge on any atom is -0.368 e. The number of nitrogens with zero attached hydrogens (tertiary/aromatic N) is 4. The second kappa shape index (κ2) is 9.62. The van der Waals surface area contributed by atoms with Crippen molar-refractivity contribution in [3.63, 3.8) is 0 Å². The molecule has 2 aliphatic rings. The van der Waals surface area contributed by atoms with Crippen molar-refractivity contribution in [3.8, 4) is 11.3 Å². The number of carbonyl (C=O) groups excluding carboxylic acids is 1. The number of benzene rings is 1. The van der Waals surface area contributed by atoms with Gasteiger partial charge in [-0.1, -0.05) is 6.07 Å². The molecule has 7 nitrogen and oxygen atoms in total. The van der Waals surface area contributed by atoms with Crippen molar-refractivity contribution in [2.24, 2.45) is 0 Å². The molecular weight excluding hydrogens is 421 g/mol. The lowest BCUT2D eigenvalue weighted by atomic mass is 9.96. The Bertz CT molecular complexity index is 1120. The summed E-state index contributed by atoms with van der Waals surface area (Å²) in [6.45, 7) is 1.95. The zero-order chi connectivity index (χ0) is 22.6. The molecule has 2 saturated heterocycles. The molecular formula is C25H26FN5O2. The minimum absolute atomic E-state index is 0.0129. The van der Waals surface area contributed by atoms with Crippen LogP contribution < -0.4 is 5.32 Å². The molecule has 0 aliphatic carbocycles. The summed E-state index contributed by atoms with van der Waals surface area (Å²) in [7, 11) is 0. The van der Waals surface area contributed by atoms with Gasteiger partial charge < -0.3 is 15.0 Å². The molecule has 170 valence electrons. The second-order valence-corrected chi connectivity index (χ2v) is 8.49. The molecule has 3 aromatic rings. The van der Waals surface area contributed by atoms with E-state index in [1.54, 1.807) is 24.5 Å². The summed E-state index contributed by atoms with van der Waals surface area (Å²) < 4.78 is 19.3. The standard InChI is InChI=1S/C25H26FN5O2/c26-19-5-1-6-20(14-19)28-23-15-21(17-8-10-27-11-9-17)29-24(30-23)18-4-2-12-31(16-18)25(32)22-7-3-13-33-22/h1,5-6,8-11,14-15,18,22H,2-4,7,12-13,16H2,(H,28,29,30). The van der Waals surface area contributed by atoms with Gasteiger partial charge in [0, 0.05) is 55.3 Å². The van der Waals surface area contributed by atoms with Gasteiger partial charge in [0.05, 0.1) is 5.69 Å². The summed E-state index contributed by atoms with van der Waals surface area (Å²) in [6, 6.07) is 11.9. The molecule has 2 unspecified atom stereocenters. The quantitative estimate of drug-likeness (QED) is 0.628. The zero-order valence-electron chi connectivity index (χ0n) is 18.3. The summed E-state index contributed by atoms with van der Waals surface area (Å²) >= 11 is 0. The number of anilines is 2. The molecule has 0 radical (unpaired) electrons. The van der Waals surface area contributed by atoms with E-state index in [1.807, 2.05) is 23.1 Å². The Labute approximate surface area is 192 Å². The van der Waals surface area contributed by atoms with Crippen LogP contribution in [0.2, 0.25) is 0 Å². The minimum atomic E-state index is -0.321. The van der Waals surface area contributed by atoms with Gasteiger partial charge in [-0.05, 0) is 56.0 Å². The highest BCUT2D eigenvalue weighted by Crippen LogP contribution is 2.30. The van der Waals surface area contributed by atoms with E-state index in [0.29, 0.717) is 30.5 Å². The van der Waals surface area contributed by atoms with Gasteiger partial charge in [0.1, 0.15) is 23.6 Å². The Morgan fingerprint density at radius 1 is 1.09 bits per heavy atom. The Morgan fingerprint density at radius 3 is 2.76 bits per heavy atom. The van der Waals surface area contributed by atoms with E-state index in [9.17, 15) is 9.18 Å². The highest BCUT2D eigenvalue weighted by Gasteiger charge is 2.33. The van der Waals surface area contributed by atoms with Gasteiger partial charge in [0.2, 0.25) is 0 Å². The summed E-state index contributed by atoms with van der Waals surface area (Å²) in [6.07, 6.45) is 6.62. The Morgan fingerprint density at radius 2 is 1.97 bits per heavy atom. The molecule has 1 amide bonds. The maximum atomic E-state index is 13.7. The van der Waals surface area contributed by atoms with Crippen LogP contribution in [0.3, 0.4) is 0 Å². The molecule has 0 saturated carbocycles. The number of piperidine rings is 1. The van der Waals surface area contributed by atoms with E-state index in [0.717, 1.165) is 43.5 Å². The van der Waals surface area contributed by atoms with E-state index in [-0.39, 0.29) is 23.7 Å². The van der Waals surface area contributed by atoms with Crippen molar-refractivity contribution >= 4 is 17.4 Å². The third kappa shape index (κ3) is 5.01. The van der Waals surface area contributed by atoms with Crippen LogP contribution in [0.15, 0.2) is 54.9 Å². The normalized spacial score (nSPS) is 20.6. The number of likely N-dealkylation sites (tertiary alicyclic amines) is 1. The first-order valence-corrected chi connectivity index (χ1v) is 11.4. The highest BCUT2D eigenvalue weighted by atomic mass is 19.1. The van der Waals surface area contributed by atoms with Crippen molar-refractivity contribution in [2.45, 2.75) is 37.7 Å². The summed E-state index contributed by atoms with van der Waals surface area (Å²) in [4.78, 5) is 28.5. The average molecular weight is 448 g/mol. The number of aromatic nitrogens is 3. The van der Waals surface area contributed by atoms with Crippen LogP contribution in [-0.2, 0) is 9.53 Å². The smallest absolute Gasteiger partial charge is 0.251 e. The third-order valence-electron chi connectivity index (χ3n) is 6.12. The molecule has 2 atom stereocenters. The number of amides is 1. The van der Waals surface area contributed by atoms with Crippen LogP contribution in [0.5, 0.6) is 0 Å². The number of nitrogens with one attached hydrogen (secondary N) is 1. The highest BCUT2D eigenvalue weighted by molar-refractivity contribution is 5.81. The lowest BCUT2D eigenvalue weighted by molar-refractivity contribution is -0.142. The molecule has 0 spiro atoms. The Hall–Kier alpha value is -3.39. The summed E-state index contributed by atoms with van der Waals surface area (Å²) in [5, 5.41) is 3.21. The molecule has 4 heterocycles. The van der Waals surface area contributed by atoms with Crippen molar-refractivity contribution in [1.29, 1.82) is 0 Å². The number of carbonyl (C=O) groups is 1. The van der Waals surface area contributed by atoms with Crippen molar-refractivity contribution < 1.29 is 13.9 Å². The molecule has 2 aromatic heterocycles. The first kappa shape index (κ1) is 21.5. The molecule has 1 N–H and O–H groups in total. The first-order valence-electron chi connectivity index (χ1n) is 11.4. The molecule has 8 heteroatoms. The van der Waals surface area contributed by atoms with Crippen LogP contribution in [0.25, 0.3) is 11.3 Å². The van der Waals surface area contributed by atoms with Gasteiger partial charge in [-0.2, -0.15) is 0 Å². The van der Waals surface area contributed by atoms with Crippen molar-refractivity contribution in [1.82, 2.24) is 19.9 Å². The first-order chi connectivity index (χ1) is 16.2. The fourth-order valence-electron chi connectivity index (χ4n) is 4.46. The fraction of sp³-hybridized carbons (Fsp3) is 0.360. The van der Waals surface area contributed by atoms with E-state index >= 15 is 0 Å².